The zero-order valence-electron chi connectivity index (χ0n) is 38.7. The Kier molecular flexibility index (Phi) is 16.0. The van der Waals surface area contributed by atoms with Gasteiger partial charge in [0.05, 0.1) is 37.5 Å². The van der Waals surface area contributed by atoms with Crippen molar-refractivity contribution >= 4 is 122 Å². The number of hydrogen-bond donors (Lipinski definition) is 2. The Morgan fingerprint density at radius 1 is 0.758 bits per heavy atom. The smallest absolute Gasteiger partial charge is 0.411 e. The van der Waals surface area contributed by atoms with Crippen LogP contribution in [-0.2, 0) is 31.9 Å². The molecule has 2 aliphatic rings. The number of nitrogens with two attached hydrogens (primary N) is 1. The van der Waals surface area contributed by atoms with E-state index in [0.717, 1.165) is 73.3 Å². The topological polar surface area (TPSA) is 157 Å². The molecule has 6 aromatic rings. The summed E-state index contributed by atoms with van der Waals surface area (Å²) < 4.78 is 13.6. The summed E-state index contributed by atoms with van der Waals surface area (Å²) in [6, 6.07) is 15.9. The Hall–Kier alpha value is -4.58. The van der Waals surface area contributed by atoms with E-state index in [1.807, 2.05) is 103 Å². The number of aromatic nitrogens is 2. The average Bonchev–Trinajstić information content (AvgIpc) is 3.99. The first-order valence-corrected chi connectivity index (χ1v) is 25.7. The van der Waals surface area contributed by atoms with Gasteiger partial charge in [0.1, 0.15) is 26.2 Å². The largest absolute Gasteiger partial charge is 0.444 e. The number of nitrogens with one attached hydrogen (secondary N) is 1. The number of carbonyl (C=O) groups is 4. The van der Waals surface area contributed by atoms with Gasteiger partial charge in [-0.1, -0.05) is 30.8 Å². The van der Waals surface area contributed by atoms with Crippen LogP contribution in [0.1, 0.15) is 109 Å². The third kappa shape index (κ3) is 11.6. The molecule has 0 aliphatic carbocycles. The minimum atomic E-state index is -0.568. The summed E-state index contributed by atoms with van der Waals surface area (Å²) in [5.41, 5.74) is 11.6. The fourth-order valence-corrected chi connectivity index (χ4v) is 12.9. The van der Waals surface area contributed by atoms with Crippen LogP contribution in [0.3, 0.4) is 0 Å². The highest BCUT2D eigenvalue weighted by Gasteiger charge is 2.41. The van der Waals surface area contributed by atoms with Crippen LogP contribution in [0.2, 0.25) is 0 Å². The summed E-state index contributed by atoms with van der Waals surface area (Å²) in [6.07, 6.45) is 2.34. The lowest BCUT2D eigenvalue weighted by Gasteiger charge is -2.39. The highest BCUT2D eigenvalue weighted by Crippen LogP contribution is 2.51. The molecule has 8 rings (SSSR count). The highest BCUT2D eigenvalue weighted by molar-refractivity contribution is 7.23. The van der Waals surface area contributed by atoms with Crippen molar-refractivity contribution in [1.29, 1.82) is 0 Å². The van der Waals surface area contributed by atoms with E-state index in [-0.39, 0.29) is 53.9 Å². The predicted octanol–water partition coefficient (Wildman–Crippen LogP) is 13.6. The van der Waals surface area contributed by atoms with Gasteiger partial charge in [-0.05, 0) is 135 Å². The Labute approximate surface area is 412 Å². The van der Waals surface area contributed by atoms with Crippen LogP contribution in [0.25, 0.3) is 41.6 Å². The van der Waals surface area contributed by atoms with Gasteiger partial charge >= 0.3 is 12.2 Å². The molecule has 0 spiro atoms. The molecule has 66 heavy (non-hydrogen) atoms. The van der Waals surface area contributed by atoms with Crippen molar-refractivity contribution < 1.29 is 28.7 Å². The van der Waals surface area contributed by atoms with Crippen molar-refractivity contribution in [3.8, 4) is 21.1 Å². The maximum Gasteiger partial charge on any atom is 0.411 e. The van der Waals surface area contributed by atoms with E-state index in [1.165, 1.54) is 23.0 Å². The van der Waals surface area contributed by atoms with Crippen LogP contribution in [0.4, 0.5) is 19.6 Å². The van der Waals surface area contributed by atoms with Crippen LogP contribution >= 0.6 is 68.5 Å². The molecule has 6 heterocycles. The van der Waals surface area contributed by atoms with Gasteiger partial charge in [0, 0.05) is 45.3 Å². The number of carbonyl (C=O) groups excluding carboxylic acids is 4. The Bertz CT molecular complexity index is 2700. The van der Waals surface area contributed by atoms with E-state index in [2.05, 4.69) is 31.8 Å². The van der Waals surface area contributed by atoms with Crippen molar-refractivity contribution in [3.63, 3.8) is 0 Å². The summed E-state index contributed by atoms with van der Waals surface area (Å²) in [5.74, 6) is 0.0538. The Morgan fingerprint density at radius 3 is 1.61 bits per heavy atom. The molecule has 4 aromatic heterocycles. The molecule has 0 saturated heterocycles. The summed E-state index contributed by atoms with van der Waals surface area (Å²) in [4.78, 5) is 63.2. The van der Waals surface area contributed by atoms with Gasteiger partial charge in [-0.15, -0.1) is 56.9 Å². The van der Waals surface area contributed by atoms with Crippen molar-refractivity contribution in [2.24, 2.45) is 0 Å². The molecule has 352 valence electrons. The van der Waals surface area contributed by atoms with E-state index in [1.54, 1.807) is 38.9 Å². The van der Waals surface area contributed by atoms with Crippen molar-refractivity contribution in [2.45, 2.75) is 124 Å². The number of alkyl halides is 1. The van der Waals surface area contributed by atoms with Crippen LogP contribution in [0.15, 0.2) is 61.2 Å². The second-order valence-corrected chi connectivity index (χ2v) is 23.0. The number of benzene rings is 2. The Balaban J connectivity index is 0.000000196. The minimum absolute atomic E-state index is 0.0273. The monoisotopic (exact) mass is 1010 g/mol. The summed E-state index contributed by atoms with van der Waals surface area (Å²) in [7, 11) is 0. The first-order chi connectivity index (χ1) is 31.0. The van der Waals surface area contributed by atoms with E-state index in [0.29, 0.717) is 12.3 Å². The maximum atomic E-state index is 13.0. The number of hydrogen-bond acceptors (Lipinski definition) is 13. The average molecular weight is 1010 g/mol. The minimum Gasteiger partial charge on any atom is -0.444 e. The number of thiophene rings is 2. The fraction of sp³-hybridized carbons (Fsp3) is 0.417. The van der Waals surface area contributed by atoms with Crippen LogP contribution in [0, 0.1) is 0 Å². The summed E-state index contributed by atoms with van der Waals surface area (Å²) in [6.45, 7) is 23.0. The molecule has 3 N–H and O–H groups in total. The molecule has 0 fully saturated rings. The van der Waals surface area contributed by atoms with Gasteiger partial charge in [0.15, 0.2) is 0 Å². The molecular weight excluding hydrogens is 956 g/mol. The second-order valence-electron chi connectivity index (χ2n) is 18.0. The number of halogens is 2. The maximum absolute atomic E-state index is 13.0. The first kappa shape index (κ1) is 50.8. The zero-order valence-corrected chi connectivity index (χ0v) is 43.5. The van der Waals surface area contributed by atoms with E-state index in [9.17, 15) is 19.2 Å². The third-order valence-corrected chi connectivity index (χ3v) is 15.6. The van der Waals surface area contributed by atoms with Crippen LogP contribution in [-0.4, -0.2) is 72.3 Å². The molecule has 18 heteroatoms. The number of thiazole rings is 2. The van der Waals surface area contributed by atoms with Gasteiger partial charge in [0.2, 0.25) is 11.1 Å². The van der Waals surface area contributed by atoms with Crippen LogP contribution < -0.4 is 11.1 Å². The molecule has 0 bridgehead atoms. The van der Waals surface area contributed by atoms with E-state index >= 15 is 0 Å². The number of amides is 3. The quantitative estimate of drug-likeness (QED) is 0.0941. The van der Waals surface area contributed by atoms with Crippen molar-refractivity contribution in [3.05, 3.63) is 82.1 Å². The molecule has 12 nitrogen and oxygen atoms in total. The normalized spacial score (nSPS) is 18.0. The molecule has 0 radical (unpaired) electrons. The molecule has 4 unspecified atom stereocenters. The predicted molar refractivity (Wildman–Crippen MR) is 275 cm³/mol. The molecule has 3 amide bonds. The SMILES string of the molecule is C=CC(=O)Nc1sc2c(c1-c1nc3ccccc3s1)CC(C)N(C(=O)OC(C)(C)C)C2C.CC1Cc2c(sc(N)c2-c2nc3ccccc3s2)C(C)N1C(=O)OC(C)(C)C.O=C(Cl)CCCl. The number of nitrogen functional groups attached to an aromatic ring is 1. The number of fused-ring (bicyclic) bond motifs is 4. The van der Waals surface area contributed by atoms with Crippen molar-refractivity contribution in [1.82, 2.24) is 19.8 Å². The number of nitrogens with zero attached hydrogens (tertiary/aromatic N) is 4. The lowest BCUT2D eigenvalue weighted by atomic mass is 9.93. The second kappa shape index (κ2) is 20.7. The van der Waals surface area contributed by atoms with E-state index in [4.69, 9.17) is 48.4 Å². The lowest BCUT2D eigenvalue weighted by molar-refractivity contribution is -0.112. The third-order valence-electron chi connectivity index (χ3n) is 10.6. The van der Waals surface area contributed by atoms with Gasteiger partial charge in [0.25, 0.3) is 0 Å². The number of ether oxygens (including phenoxy) is 2. The summed E-state index contributed by atoms with van der Waals surface area (Å²) in [5, 5.41) is 5.94. The molecular formula is C48H56Cl2N6O6S4. The van der Waals surface area contributed by atoms with E-state index < -0.39 is 11.2 Å². The van der Waals surface area contributed by atoms with Gasteiger partial charge in [-0.3, -0.25) is 19.4 Å². The van der Waals surface area contributed by atoms with Gasteiger partial charge in [-0.25, -0.2) is 19.6 Å². The lowest BCUT2D eigenvalue weighted by Crippen LogP contribution is -2.46. The number of anilines is 2. The fourth-order valence-electron chi connectivity index (χ4n) is 7.92. The van der Waals surface area contributed by atoms with Crippen LogP contribution in [0.5, 0.6) is 0 Å². The molecule has 2 aliphatic heterocycles. The number of para-hydroxylation sites is 2. The van der Waals surface area contributed by atoms with Crippen molar-refractivity contribution in [2.75, 3.05) is 16.9 Å². The molecule has 2 aromatic carbocycles. The van der Waals surface area contributed by atoms with Gasteiger partial charge < -0.3 is 20.5 Å². The molecule has 0 saturated carbocycles. The zero-order chi connectivity index (χ0) is 48.4. The summed E-state index contributed by atoms with van der Waals surface area (Å²) >= 11 is 16.3. The number of rotatable bonds is 6. The first-order valence-electron chi connectivity index (χ1n) is 21.5. The highest BCUT2D eigenvalue weighted by atomic mass is 35.5. The molecule has 4 atom stereocenters. The van der Waals surface area contributed by atoms with Gasteiger partial charge in [-0.2, -0.15) is 0 Å². The Morgan fingerprint density at radius 2 is 1.20 bits per heavy atom. The standard InChI is InChI=1S/C24H27N3O3S2.C21H25N3O2S2.C3H4Cl2O/c1-7-18(28)26-22-19(21-25-16-10-8-9-11-17(16)31-21)15-12-13(2)27(14(3)20(15)32-22)23(29)30-24(4,5)6;1-11-10-13-16(19-23-14-8-6-7-9-15(14)27-19)18(22)28-17(13)12(2)24(11)20(25)26-21(3,4)5;4-2-1-3(5)6/h7-11,13-14H,1,12H2,2-6H3,(H,26,28);6-9,11-12H,10,22H2,1-5H3;1-2H2.